The lowest BCUT2D eigenvalue weighted by molar-refractivity contribution is 0.102. The second kappa shape index (κ2) is 7.10. The number of carbonyl (C=O) groups is 1. The van der Waals surface area contributed by atoms with Gasteiger partial charge in [0.25, 0.3) is 11.6 Å². The van der Waals surface area contributed by atoms with E-state index in [2.05, 4.69) is 36.1 Å². The number of nitrogens with zero attached hydrogens (tertiary/aromatic N) is 5. The zero-order valence-electron chi connectivity index (χ0n) is 16.1. The maximum Gasteiger partial charge on any atom is 0.259 e. The van der Waals surface area contributed by atoms with Crippen molar-refractivity contribution in [1.29, 1.82) is 0 Å². The van der Waals surface area contributed by atoms with Gasteiger partial charge in [-0.1, -0.05) is 11.2 Å². The first-order chi connectivity index (χ1) is 15.3. The number of fused-ring (bicyclic) bond motifs is 1. The summed E-state index contributed by atoms with van der Waals surface area (Å²) in [6.07, 6.45) is 2.10. The molecule has 0 aliphatic heterocycles. The predicted octanol–water partition coefficient (Wildman–Crippen LogP) is 4.26. The Labute approximate surface area is 179 Å². The van der Waals surface area contributed by atoms with E-state index in [0.717, 1.165) is 29.0 Å². The van der Waals surface area contributed by atoms with Gasteiger partial charge in [-0.3, -0.25) is 4.79 Å². The summed E-state index contributed by atoms with van der Waals surface area (Å²) < 4.78 is 5.53. The fourth-order valence-electron chi connectivity index (χ4n) is 3.52. The van der Waals surface area contributed by atoms with Crippen LogP contribution in [0.4, 0.5) is 5.69 Å². The quantitative estimate of drug-likeness (QED) is 0.428. The van der Waals surface area contributed by atoms with Crippen LogP contribution in [0.25, 0.3) is 33.1 Å². The minimum absolute atomic E-state index is 0.234. The Balaban J connectivity index is 1.38. The fourth-order valence-corrected chi connectivity index (χ4v) is 4.21. The molecule has 1 aliphatic rings. The van der Waals surface area contributed by atoms with Gasteiger partial charge >= 0.3 is 0 Å². The molecule has 4 heterocycles. The number of aromatic nitrogens is 6. The Bertz CT molecular complexity index is 1370. The molecule has 10 heteroatoms. The second-order valence-corrected chi connectivity index (χ2v) is 8.27. The predicted molar refractivity (Wildman–Crippen MR) is 115 cm³/mol. The highest BCUT2D eigenvalue weighted by molar-refractivity contribution is 7.13. The molecule has 2 N–H and O–H groups in total. The number of hydrogen-bond acceptors (Lipinski definition) is 8. The maximum atomic E-state index is 13.3. The molecular weight excluding hydrogens is 414 g/mol. The van der Waals surface area contributed by atoms with Crippen molar-refractivity contribution >= 4 is 34.0 Å². The second-order valence-electron chi connectivity index (χ2n) is 7.32. The van der Waals surface area contributed by atoms with Gasteiger partial charge < -0.3 is 9.84 Å². The van der Waals surface area contributed by atoms with E-state index >= 15 is 0 Å². The Morgan fingerprint density at radius 1 is 1.19 bits per heavy atom. The minimum atomic E-state index is -0.234. The molecule has 0 atom stereocenters. The Morgan fingerprint density at radius 3 is 2.77 bits per heavy atom. The molecule has 5 aromatic rings. The first-order valence-electron chi connectivity index (χ1n) is 9.76. The third-order valence-corrected chi connectivity index (χ3v) is 6.09. The van der Waals surface area contributed by atoms with Gasteiger partial charge in [0.15, 0.2) is 0 Å². The van der Waals surface area contributed by atoms with Crippen molar-refractivity contribution in [3.63, 3.8) is 0 Å². The van der Waals surface area contributed by atoms with Crippen LogP contribution in [0.1, 0.15) is 34.8 Å². The van der Waals surface area contributed by atoms with Crippen LogP contribution in [0, 0.1) is 0 Å². The molecule has 6 rings (SSSR count). The van der Waals surface area contributed by atoms with E-state index in [9.17, 15) is 4.79 Å². The standard InChI is InChI=1S/C21H15N7O2S/c29-20(22-13-7-5-12(6-8-13)19-24-27-28-25-19)14-10-15(16-2-1-9-31-16)23-21-17(14)18(26-30-21)11-3-4-11/h1-2,5-11H,3-4H2,(H,22,29)(H,24,25,27,28). The SMILES string of the molecule is O=C(Nc1ccc(-c2nn[nH]n2)cc1)c1cc(-c2cccs2)nc2onc(C3CC3)c12. The zero-order valence-corrected chi connectivity index (χ0v) is 16.9. The number of amides is 1. The first kappa shape index (κ1) is 17.9. The average molecular weight is 429 g/mol. The summed E-state index contributed by atoms with van der Waals surface area (Å²) >= 11 is 1.56. The van der Waals surface area contributed by atoms with Crippen LogP contribution >= 0.6 is 11.3 Å². The average Bonchev–Trinajstić information content (AvgIpc) is 3.22. The first-order valence-corrected chi connectivity index (χ1v) is 10.6. The van der Waals surface area contributed by atoms with Crippen molar-refractivity contribution in [3.05, 3.63) is 59.1 Å². The lowest BCUT2D eigenvalue weighted by Crippen LogP contribution is -2.13. The van der Waals surface area contributed by atoms with Gasteiger partial charge in [0, 0.05) is 17.2 Å². The Morgan fingerprint density at radius 2 is 2.06 bits per heavy atom. The summed E-state index contributed by atoms with van der Waals surface area (Å²) in [5, 5.41) is 23.8. The molecular formula is C21H15N7O2S. The van der Waals surface area contributed by atoms with Crippen molar-refractivity contribution in [1.82, 2.24) is 30.8 Å². The number of H-pyrrole nitrogens is 1. The summed E-state index contributed by atoms with van der Waals surface area (Å²) in [7, 11) is 0. The third kappa shape index (κ3) is 3.26. The molecule has 1 aromatic carbocycles. The summed E-state index contributed by atoms with van der Waals surface area (Å²) in [6.45, 7) is 0. The molecule has 9 nitrogen and oxygen atoms in total. The van der Waals surface area contributed by atoms with Gasteiger partial charge in [-0.25, -0.2) is 4.98 Å². The van der Waals surface area contributed by atoms with E-state index in [4.69, 9.17) is 4.52 Å². The lowest BCUT2D eigenvalue weighted by Gasteiger charge is -2.08. The topological polar surface area (TPSA) is 122 Å². The number of aromatic amines is 1. The molecule has 4 aromatic heterocycles. The van der Waals surface area contributed by atoms with Crippen LogP contribution in [-0.2, 0) is 0 Å². The van der Waals surface area contributed by atoms with Crippen molar-refractivity contribution in [2.75, 3.05) is 5.32 Å². The van der Waals surface area contributed by atoms with Crippen molar-refractivity contribution in [3.8, 4) is 22.0 Å². The minimum Gasteiger partial charge on any atom is -0.335 e. The Hall–Kier alpha value is -3.92. The molecule has 1 aliphatic carbocycles. The molecule has 152 valence electrons. The normalized spacial score (nSPS) is 13.5. The molecule has 0 unspecified atom stereocenters. The van der Waals surface area contributed by atoms with Gasteiger partial charge in [0.1, 0.15) is 0 Å². The van der Waals surface area contributed by atoms with Gasteiger partial charge in [-0.15, -0.1) is 21.5 Å². The number of pyridine rings is 1. The number of anilines is 1. The van der Waals surface area contributed by atoms with Crippen LogP contribution in [0.5, 0.6) is 0 Å². The number of thiophene rings is 1. The van der Waals surface area contributed by atoms with E-state index < -0.39 is 0 Å². The molecule has 0 saturated heterocycles. The molecule has 31 heavy (non-hydrogen) atoms. The molecule has 1 saturated carbocycles. The maximum absolute atomic E-state index is 13.3. The zero-order chi connectivity index (χ0) is 20.8. The van der Waals surface area contributed by atoms with Crippen molar-refractivity contribution in [2.45, 2.75) is 18.8 Å². The third-order valence-electron chi connectivity index (χ3n) is 5.20. The highest BCUT2D eigenvalue weighted by Crippen LogP contribution is 2.43. The van der Waals surface area contributed by atoms with E-state index in [-0.39, 0.29) is 5.91 Å². The van der Waals surface area contributed by atoms with Crippen LogP contribution < -0.4 is 5.32 Å². The van der Waals surface area contributed by atoms with Crippen molar-refractivity contribution in [2.24, 2.45) is 0 Å². The number of benzene rings is 1. The molecule has 0 spiro atoms. The smallest absolute Gasteiger partial charge is 0.259 e. The van der Waals surface area contributed by atoms with E-state index in [1.807, 2.05) is 35.7 Å². The number of hydrogen-bond donors (Lipinski definition) is 2. The molecule has 0 radical (unpaired) electrons. The van der Waals surface area contributed by atoms with Crippen LogP contribution in [-0.4, -0.2) is 36.7 Å². The summed E-state index contributed by atoms with van der Waals surface area (Å²) in [6, 6.07) is 13.0. The van der Waals surface area contributed by atoms with Gasteiger partial charge in [-0.05, 0) is 59.8 Å². The van der Waals surface area contributed by atoms with E-state index in [1.54, 1.807) is 23.5 Å². The molecule has 1 amide bonds. The molecule has 0 bridgehead atoms. The van der Waals surface area contributed by atoms with Crippen molar-refractivity contribution < 1.29 is 9.32 Å². The highest BCUT2D eigenvalue weighted by atomic mass is 32.1. The van der Waals surface area contributed by atoms with Crippen LogP contribution in [0.15, 0.2) is 52.4 Å². The summed E-state index contributed by atoms with van der Waals surface area (Å²) in [5.41, 5.74) is 3.87. The highest BCUT2D eigenvalue weighted by Gasteiger charge is 2.32. The van der Waals surface area contributed by atoms with Gasteiger partial charge in [0.05, 0.1) is 27.2 Å². The molecule has 1 fully saturated rings. The number of carbonyl (C=O) groups excluding carboxylic acids is 1. The van der Waals surface area contributed by atoms with Crippen LogP contribution in [0.3, 0.4) is 0 Å². The number of nitrogens with one attached hydrogen (secondary N) is 2. The number of tetrazole rings is 1. The Kier molecular flexibility index (Phi) is 4.10. The summed E-state index contributed by atoms with van der Waals surface area (Å²) in [4.78, 5) is 18.9. The largest absolute Gasteiger partial charge is 0.335 e. The van der Waals surface area contributed by atoms with Gasteiger partial charge in [0.2, 0.25) is 5.82 Å². The monoisotopic (exact) mass is 429 g/mol. The van der Waals surface area contributed by atoms with Gasteiger partial charge in [-0.2, -0.15) is 5.21 Å². The van der Waals surface area contributed by atoms with E-state index in [0.29, 0.717) is 39.8 Å². The van der Waals surface area contributed by atoms with E-state index in [1.165, 1.54) is 0 Å². The van der Waals surface area contributed by atoms with Crippen LogP contribution in [0.2, 0.25) is 0 Å². The summed E-state index contributed by atoms with van der Waals surface area (Å²) in [5.74, 6) is 0.590. The fraction of sp³-hybridized carbons (Fsp3) is 0.143. The lowest BCUT2D eigenvalue weighted by atomic mass is 10.1. The number of rotatable bonds is 5.